The first-order valence-electron chi connectivity index (χ1n) is 11.4. The zero-order valence-electron chi connectivity index (χ0n) is 20.5. The molecule has 0 fully saturated rings. The van der Waals surface area contributed by atoms with Crippen molar-refractivity contribution in [3.63, 3.8) is 0 Å². The number of carbonyl (C=O) groups excluding carboxylic acids is 1. The summed E-state index contributed by atoms with van der Waals surface area (Å²) in [5.41, 5.74) is 13.1. The normalized spacial score (nSPS) is 10.9. The highest BCUT2D eigenvalue weighted by Gasteiger charge is 2.20. The number of nitrogens with two attached hydrogens (primary N) is 2. The number of aryl methyl sites for hydroxylation is 1. The van der Waals surface area contributed by atoms with Gasteiger partial charge >= 0.3 is 0 Å². The Bertz CT molecular complexity index is 1540. The van der Waals surface area contributed by atoms with Gasteiger partial charge in [0.2, 0.25) is 11.9 Å². The number of carbonyl (C=O) groups is 1. The van der Waals surface area contributed by atoms with Gasteiger partial charge in [-0.15, -0.1) is 0 Å². The fourth-order valence-corrected chi connectivity index (χ4v) is 3.63. The van der Waals surface area contributed by atoms with Gasteiger partial charge in [0.25, 0.3) is 5.56 Å². The summed E-state index contributed by atoms with van der Waals surface area (Å²) in [5, 5.41) is 3.09. The zero-order chi connectivity index (χ0) is 26.7. The van der Waals surface area contributed by atoms with Crippen molar-refractivity contribution in [1.82, 2.24) is 19.5 Å². The first kappa shape index (κ1) is 25.3. The lowest BCUT2D eigenvalue weighted by molar-refractivity contribution is 0.103. The van der Waals surface area contributed by atoms with Crippen LogP contribution in [-0.4, -0.2) is 25.3 Å². The molecule has 4 rings (SSSR count). The standard InChI is InChI=1S/C26H26FN7O3/c1-14(2)34-12-16(10-19(28)24(34)36)23(35)18-11-17(27)8-9-21(18)37-13-22-31-25(29)33-26(32-22)30-20-7-5-4-6-15(20)3/h4-12,14H,13,28H2,1-3H3,(H3,29,30,31,32,33). The number of pyridine rings is 1. The lowest BCUT2D eigenvalue weighted by Crippen LogP contribution is -2.25. The highest BCUT2D eigenvalue weighted by molar-refractivity contribution is 6.11. The number of aromatic nitrogens is 4. The fourth-order valence-electron chi connectivity index (χ4n) is 3.63. The molecule has 190 valence electrons. The van der Waals surface area contributed by atoms with E-state index in [9.17, 15) is 14.0 Å². The number of halogens is 1. The van der Waals surface area contributed by atoms with E-state index in [1.165, 1.54) is 29.0 Å². The van der Waals surface area contributed by atoms with Crippen molar-refractivity contribution in [2.24, 2.45) is 0 Å². The first-order valence-corrected chi connectivity index (χ1v) is 11.4. The number of para-hydroxylation sites is 1. The van der Waals surface area contributed by atoms with Gasteiger partial charge in [-0.25, -0.2) is 4.39 Å². The van der Waals surface area contributed by atoms with E-state index in [4.69, 9.17) is 16.2 Å². The number of rotatable bonds is 8. The van der Waals surface area contributed by atoms with Crippen molar-refractivity contribution in [1.29, 1.82) is 0 Å². The number of nitrogens with zero attached hydrogens (tertiary/aromatic N) is 4. The topological polar surface area (TPSA) is 151 Å². The Balaban J connectivity index is 1.61. The second-order valence-electron chi connectivity index (χ2n) is 8.62. The predicted molar refractivity (Wildman–Crippen MR) is 138 cm³/mol. The maximum Gasteiger partial charge on any atom is 0.273 e. The van der Waals surface area contributed by atoms with Crippen LogP contribution in [0.4, 0.5) is 27.7 Å². The minimum Gasteiger partial charge on any atom is -0.485 e. The first-order chi connectivity index (χ1) is 17.6. The second-order valence-corrected chi connectivity index (χ2v) is 8.62. The average molecular weight is 504 g/mol. The van der Waals surface area contributed by atoms with E-state index in [0.717, 1.165) is 17.3 Å². The summed E-state index contributed by atoms with van der Waals surface area (Å²) in [4.78, 5) is 38.2. The van der Waals surface area contributed by atoms with Crippen LogP contribution in [0.1, 0.15) is 47.2 Å². The van der Waals surface area contributed by atoms with Gasteiger partial charge in [0.1, 0.15) is 18.2 Å². The Morgan fingerprint density at radius 2 is 1.86 bits per heavy atom. The molecule has 0 atom stereocenters. The Morgan fingerprint density at radius 1 is 1.11 bits per heavy atom. The van der Waals surface area contributed by atoms with E-state index in [-0.39, 0.29) is 52.9 Å². The average Bonchev–Trinajstić information content (AvgIpc) is 2.85. The number of nitrogens with one attached hydrogen (secondary N) is 1. The van der Waals surface area contributed by atoms with Crippen LogP contribution in [0.25, 0.3) is 0 Å². The van der Waals surface area contributed by atoms with Gasteiger partial charge in [0, 0.05) is 23.5 Å². The van der Waals surface area contributed by atoms with Crippen molar-refractivity contribution >= 4 is 29.1 Å². The molecule has 37 heavy (non-hydrogen) atoms. The Kier molecular flexibility index (Phi) is 7.14. The number of ketones is 1. The summed E-state index contributed by atoms with van der Waals surface area (Å²) in [6, 6.07) is 12.2. The Labute approximate surface area is 212 Å². The highest BCUT2D eigenvalue weighted by atomic mass is 19.1. The molecule has 0 saturated heterocycles. The molecule has 0 aliphatic rings. The summed E-state index contributed by atoms with van der Waals surface area (Å²) >= 11 is 0. The van der Waals surface area contributed by atoms with Gasteiger partial charge in [0.15, 0.2) is 11.6 Å². The largest absolute Gasteiger partial charge is 0.485 e. The minimum atomic E-state index is -0.630. The van der Waals surface area contributed by atoms with E-state index >= 15 is 0 Å². The van der Waals surface area contributed by atoms with Crippen LogP contribution in [0.5, 0.6) is 5.75 Å². The van der Waals surface area contributed by atoms with Gasteiger partial charge in [-0.2, -0.15) is 15.0 Å². The van der Waals surface area contributed by atoms with E-state index in [1.54, 1.807) is 13.8 Å². The predicted octanol–water partition coefficient (Wildman–Crippen LogP) is 3.78. The van der Waals surface area contributed by atoms with Gasteiger partial charge < -0.3 is 26.1 Å². The van der Waals surface area contributed by atoms with Crippen molar-refractivity contribution in [3.05, 3.63) is 93.4 Å². The number of hydrogen-bond acceptors (Lipinski definition) is 9. The number of ether oxygens (including phenoxy) is 1. The molecular formula is C26H26FN7O3. The van der Waals surface area contributed by atoms with Crippen LogP contribution in [-0.2, 0) is 6.61 Å². The third kappa shape index (κ3) is 5.72. The van der Waals surface area contributed by atoms with Crippen LogP contribution in [0.3, 0.4) is 0 Å². The molecule has 2 heterocycles. The van der Waals surface area contributed by atoms with Crippen molar-refractivity contribution < 1.29 is 13.9 Å². The molecule has 4 aromatic rings. The van der Waals surface area contributed by atoms with Gasteiger partial charge in [-0.3, -0.25) is 9.59 Å². The SMILES string of the molecule is Cc1ccccc1Nc1nc(N)nc(COc2ccc(F)cc2C(=O)c2cc(N)c(=O)n(C(C)C)c2)n1. The van der Waals surface area contributed by atoms with Gasteiger partial charge in [0.05, 0.1) is 11.3 Å². The number of hydrogen-bond donors (Lipinski definition) is 3. The molecule has 0 amide bonds. The third-order valence-electron chi connectivity index (χ3n) is 5.52. The quantitative estimate of drug-likeness (QED) is 0.305. The summed E-state index contributed by atoms with van der Waals surface area (Å²) in [6.07, 6.45) is 1.40. The van der Waals surface area contributed by atoms with E-state index < -0.39 is 17.2 Å². The zero-order valence-corrected chi connectivity index (χ0v) is 20.5. The van der Waals surface area contributed by atoms with Gasteiger partial charge in [-0.05, 0) is 56.7 Å². The van der Waals surface area contributed by atoms with Gasteiger partial charge in [-0.1, -0.05) is 18.2 Å². The third-order valence-corrected chi connectivity index (χ3v) is 5.52. The molecule has 0 aliphatic heterocycles. The van der Waals surface area contributed by atoms with E-state index in [1.807, 2.05) is 31.2 Å². The van der Waals surface area contributed by atoms with Crippen LogP contribution in [0, 0.1) is 12.7 Å². The smallest absolute Gasteiger partial charge is 0.273 e. The molecular weight excluding hydrogens is 477 g/mol. The maximum atomic E-state index is 14.1. The van der Waals surface area contributed by atoms with Crippen LogP contribution in [0.2, 0.25) is 0 Å². The molecule has 2 aromatic heterocycles. The summed E-state index contributed by atoms with van der Waals surface area (Å²) in [7, 11) is 0. The lowest BCUT2D eigenvalue weighted by Gasteiger charge is -2.15. The molecule has 11 heteroatoms. The monoisotopic (exact) mass is 503 g/mol. The summed E-state index contributed by atoms with van der Waals surface area (Å²) in [5.74, 6) is -0.694. The maximum absolute atomic E-state index is 14.1. The molecule has 0 radical (unpaired) electrons. The minimum absolute atomic E-state index is 0.0218. The number of anilines is 4. The van der Waals surface area contributed by atoms with E-state index in [2.05, 4.69) is 20.3 Å². The fraction of sp³-hybridized carbons (Fsp3) is 0.192. The highest BCUT2D eigenvalue weighted by Crippen LogP contribution is 2.25. The number of nitrogen functional groups attached to an aromatic ring is 2. The van der Waals surface area contributed by atoms with Crippen LogP contribution >= 0.6 is 0 Å². The Hall–Kier alpha value is -4.80. The molecule has 10 nitrogen and oxygen atoms in total. The summed E-state index contributed by atoms with van der Waals surface area (Å²) < 4.78 is 21.3. The van der Waals surface area contributed by atoms with Crippen LogP contribution < -0.4 is 27.1 Å². The molecule has 0 spiro atoms. The number of benzene rings is 2. The Morgan fingerprint density at radius 3 is 2.59 bits per heavy atom. The molecule has 0 bridgehead atoms. The summed E-state index contributed by atoms with van der Waals surface area (Å²) in [6.45, 7) is 5.34. The molecule has 5 N–H and O–H groups in total. The van der Waals surface area contributed by atoms with Crippen molar-refractivity contribution in [2.45, 2.75) is 33.4 Å². The molecule has 0 unspecified atom stereocenters. The van der Waals surface area contributed by atoms with Crippen molar-refractivity contribution in [3.8, 4) is 5.75 Å². The molecule has 0 aliphatic carbocycles. The lowest BCUT2D eigenvalue weighted by atomic mass is 10.0. The molecule has 2 aromatic carbocycles. The second kappa shape index (κ2) is 10.4. The van der Waals surface area contributed by atoms with E-state index in [0.29, 0.717) is 0 Å². The van der Waals surface area contributed by atoms with Crippen LogP contribution in [0.15, 0.2) is 59.5 Å². The van der Waals surface area contributed by atoms with Crippen molar-refractivity contribution in [2.75, 3.05) is 16.8 Å². The molecule has 0 saturated carbocycles.